The maximum Gasteiger partial charge on any atom is 0.224 e. The first kappa shape index (κ1) is 14.4. The molecule has 0 atom stereocenters. The highest BCUT2D eigenvalue weighted by molar-refractivity contribution is 5.76. The van der Waals surface area contributed by atoms with Crippen molar-refractivity contribution in [1.82, 2.24) is 4.90 Å². The van der Waals surface area contributed by atoms with Crippen LogP contribution in [0, 0.1) is 5.92 Å². The molecule has 0 saturated carbocycles. The van der Waals surface area contributed by atoms with Gasteiger partial charge in [0.25, 0.3) is 0 Å². The van der Waals surface area contributed by atoms with E-state index in [0.29, 0.717) is 38.6 Å². The molecule has 0 heterocycles. The molecule has 90 valence electrons. The third-order valence-electron chi connectivity index (χ3n) is 2.02. The molecule has 0 aliphatic rings. The van der Waals surface area contributed by atoms with E-state index in [1.165, 1.54) is 0 Å². The molecule has 0 aliphatic carbocycles. The van der Waals surface area contributed by atoms with E-state index in [1.54, 1.807) is 4.90 Å². The van der Waals surface area contributed by atoms with Gasteiger partial charge in [-0.05, 0) is 12.8 Å². The lowest BCUT2D eigenvalue weighted by Gasteiger charge is -2.19. The summed E-state index contributed by atoms with van der Waals surface area (Å²) in [5, 5.41) is 8.74. The van der Waals surface area contributed by atoms with Crippen molar-refractivity contribution < 1.29 is 14.6 Å². The second-order valence-corrected chi connectivity index (χ2v) is 3.92. The van der Waals surface area contributed by atoms with Crippen LogP contribution in [0.2, 0.25) is 0 Å². The highest BCUT2D eigenvalue weighted by Crippen LogP contribution is 1.97. The van der Waals surface area contributed by atoms with Crippen molar-refractivity contribution in [2.45, 2.75) is 27.2 Å². The number of hydrogen-bond donors (Lipinski definition) is 1. The Kier molecular flexibility index (Phi) is 8.33. The lowest BCUT2D eigenvalue weighted by Crippen LogP contribution is -2.33. The zero-order chi connectivity index (χ0) is 11.7. The number of likely N-dealkylation sites (N-methyl/N-ethyl adjacent to an activating group) is 1. The van der Waals surface area contributed by atoms with Gasteiger partial charge in [0.15, 0.2) is 0 Å². The average molecular weight is 217 g/mol. The fourth-order valence-electron chi connectivity index (χ4n) is 1.22. The quantitative estimate of drug-likeness (QED) is 0.614. The molecule has 0 unspecified atom stereocenters. The summed E-state index contributed by atoms with van der Waals surface area (Å²) >= 11 is 0. The summed E-state index contributed by atoms with van der Waals surface area (Å²) in [7, 11) is 0. The van der Waals surface area contributed by atoms with E-state index in [2.05, 4.69) is 13.8 Å². The fraction of sp³-hybridized carbons (Fsp3) is 0.909. The Labute approximate surface area is 92.2 Å². The first-order valence-corrected chi connectivity index (χ1v) is 5.58. The van der Waals surface area contributed by atoms with Crippen LogP contribution in [0.25, 0.3) is 0 Å². The molecule has 15 heavy (non-hydrogen) atoms. The molecule has 4 nitrogen and oxygen atoms in total. The normalized spacial score (nSPS) is 10.7. The molecule has 0 saturated heterocycles. The van der Waals surface area contributed by atoms with Gasteiger partial charge in [-0.1, -0.05) is 13.8 Å². The molecular formula is C11H23NO3. The van der Waals surface area contributed by atoms with Crippen molar-refractivity contribution in [3.05, 3.63) is 0 Å². The van der Waals surface area contributed by atoms with Gasteiger partial charge < -0.3 is 14.7 Å². The van der Waals surface area contributed by atoms with Crippen molar-refractivity contribution in [2.24, 2.45) is 5.92 Å². The Balaban J connectivity index is 3.62. The molecule has 0 spiro atoms. The molecule has 0 fully saturated rings. The van der Waals surface area contributed by atoms with E-state index in [-0.39, 0.29) is 12.5 Å². The summed E-state index contributed by atoms with van der Waals surface area (Å²) in [6.07, 6.45) is 0.403. The van der Waals surface area contributed by atoms with Crippen LogP contribution in [0.4, 0.5) is 0 Å². The van der Waals surface area contributed by atoms with Crippen LogP contribution in [-0.2, 0) is 9.53 Å². The van der Waals surface area contributed by atoms with E-state index in [1.807, 2.05) is 6.92 Å². The Morgan fingerprint density at radius 2 is 2.13 bits per heavy atom. The minimum atomic E-state index is 0.0203. The van der Waals surface area contributed by atoms with Crippen molar-refractivity contribution >= 4 is 5.91 Å². The second kappa shape index (κ2) is 8.68. The van der Waals surface area contributed by atoms with Gasteiger partial charge in [0, 0.05) is 19.7 Å². The molecule has 0 radical (unpaired) electrons. The van der Waals surface area contributed by atoms with Crippen molar-refractivity contribution in [3.63, 3.8) is 0 Å². The van der Waals surface area contributed by atoms with Crippen LogP contribution in [0.3, 0.4) is 0 Å². The standard InChI is InChI=1S/C11H23NO3/c1-4-12(6-7-13)11(14)5-8-15-9-10(2)3/h10,13H,4-9H2,1-3H3. The van der Waals surface area contributed by atoms with Gasteiger partial charge in [-0.25, -0.2) is 0 Å². The second-order valence-electron chi connectivity index (χ2n) is 3.92. The molecule has 0 aliphatic heterocycles. The third kappa shape index (κ3) is 7.33. The summed E-state index contributed by atoms with van der Waals surface area (Å²) in [6.45, 7) is 8.30. The minimum Gasteiger partial charge on any atom is -0.395 e. The predicted molar refractivity (Wildman–Crippen MR) is 59.6 cm³/mol. The molecular weight excluding hydrogens is 194 g/mol. The SMILES string of the molecule is CCN(CCO)C(=O)CCOCC(C)C. The van der Waals surface area contributed by atoms with E-state index in [4.69, 9.17) is 9.84 Å². The number of aliphatic hydroxyl groups excluding tert-OH is 1. The smallest absolute Gasteiger partial charge is 0.224 e. The molecule has 0 aromatic rings. The van der Waals surface area contributed by atoms with Gasteiger partial charge in [0.05, 0.1) is 19.6 Å². The highest BCUT2D eigenvalue weighted by atomic mass is 16.5. The van der Waals surface area contributed by atoms with Gasteiger partial charge in [-0.3, -0.25) is 4.79 Å². The summed E-state index contributed by atoms with van der Waals surface area (Å²) in [5.74, 6) is 0.551. The zero-order valence-electron chi connectivity index (χ0n) is 10.0. The number of aliphatic hydroxyl groups is 1. The van der Waals surface area contributed by atoms with Gasteiger partial charge in [-0.15, -0.1) is 0 Å². The van der Waals surface area contributed by atoms with E-state index in [9.17, 15) is 4.79 Å². The van der Waals surface area contributed by atoms with Crippen molar-refractivity contribution in [1.29, 1.82) is 0 Å². The topological polar surface area (TPSA) is 49.8 Å². The molecule has 4 heteroatoms. The van der Waals surface area contributed by atoms with Gasteiger partial charge >= 0.3 is 0 Å². The molecule has 0 aromatic heterocycles. The maximum absolute atomic E-state index is 11.5. The molecule has 1 N–H and O–H groups in total. The number of rotatable bonds is 8. The summed E-state index contributed by atoms with van der Waals surface area (Å²) in [4.78, 5) is 13.2. The van der Waals surface area contributed by atoms with Crippen LogP contribution < -0.4 is 0 Å². The number of carbonyl (C=O) groups excluding carboxylic acids is 1. The monoisotopic (exact) mass is 217 g/mol. The molecule has 0 aromatic carbocycles. The maximum atomic E-state index is 11.5. The Morgan fingerprint density at radius 1 is 1.47 bits per heavy atom. The zero-order valence-corrected chi connectivity index (χ0v) is 10.0. The number of amides is 1. The van der Waals surface area contributed by atoms with Crippen LogP contribution in [0.15, 0.2) is 0 Å². The highest BCUT2D eigenvalue weighted by Gasteiger charge is 2.10. The summed E-state index contributed by atoms with van der Waals surface area (Å²) in [5.41, 5.74) is 0. The Morgan fingerprint density at radius 3 is 2.60 bits per heavy atom. The predicted octanol–water partition coefficient (Wildman–Crippen LogP) is 0.890. The lowest BCUT2D eigenvalue weighted by molar-refractivity contribution is -0.132. The van der Waals surface area contributed by atoms with Crippen molar-refractivity contribution in [3.8, 4) is 0 Å². The third-order valence-corrected chi connectivity index (χ3v) is 2.02. The largest absolute Gasteiger partial charge is 0.395 e. The number of hydrogen-bond acceptors (Lipinski definition) is 3. The molecule has 0 bridgehead atoms. The average Bonchev–Trinajstić information content (AvgIpc) is 2.20. The van der Waals surface area contributed by atoms with Crippen LogP contribution in [0.5, 0.6) is 0 Å². The van der Waals surface area contributed by atoms with E-state index >= 15 is 0 Å². The first-order valence-electron chi connectivity index (χ1n) is 5.58. The first-order chi connectivity index (χ1) is 7.11. The van der Waals surface area contributed by atoms with Gasteiger partial charge in [0.1, 0.15) is 0 Å². The number of carbonyl (C=O) groups is 1. The van der Waals surface area contributed by atoms with Crippen LogP contribution in [0.1, 0.15) is 27.2 Å². The molecule has 1 amide bonds. The Bertz CT molecular complexity index is 171. The number of ether oxygens (including phenoxy) is 1. The van der Waals surface area contributed by atoms with Crippen LogP contribution in [-0.4, -0.2) is 48.8 Å². The summed E-state index contributed by atoms with van der Waals surface area (Å²) < 4.78 is 5.33. The van der Waals surface area contributed by atoms with E-state index < -0.39 is 0 Å². The van der Waals surface area contributed by atoms with E-state index in [0.717, 1.165) is 0 Å². The summed E-state index contributed by atoms with van der Waals surface area (Å²) in [6, 6.07) is 0. The van der Waals surface area contributed by atoms with Gasteiger partial charge in [0.2, 0.25) is 5.91 Å². The lowest BCUT2D eigenvalue weighted by atomic mass is 10.2. The van der Waals surface area contributed by atoms with Crippen LogP contribution >= 0.6 is 0 Å². The Hall–Kier alpha value is -0.610. The fourth-order valence-corrected chi connectivity index (χ4v) is 1.22. The minimum absolute atomic E-state index is 0.0203. The number of nitrogens with zero attached hydrogens (tertiary/aromatic N) is 1. The van der Waals surface area contributed by atoms with Crippen molar-refractivity contribution in [2.75, 3.05) is 32.9 Å². The molecule has 0 rings (SSSR count). The van der Waals surface area contributed by atoms with Gasteiger partial charge in [-0.2, -0.15) is 0 Å².